The summed E-state index contributed by atoms with van der Waals surface area (Å²) in [5.41, 5.74) is -13.0. The summed E-state index contributed by atoms with van der Waals surface area (Å²) in [5.74, 6) is -0.944. The molecule has 1 N–H and O–H groups in total. The molecule has 14 nitrogen and oxygen atoms in total. The van der Waals surface area contributed by atoms with Crippen LogP contribution in [0, 0.1) is 0 Å². The SMILES string of the molecule is C=C(C)C(=O)NCCCN(Cc1cc(S(=O)(=O)C(F)(F)F)ccc1B1OC(C)(C)C(C)(C)O1)Cc1c2ccccc2c(CN(CCC(=O)OC(C)(C)C)Cc2cc(S(=O)(=O)C(F)(F)F)ccc2B2OC(C)(C)C(C)(C)O2)c2ccccc12. The van der Waals surface area contributed by atoms with E-state index in [4.69, 9.17) is 23.4 Å². The highest BCUT2D eigenvalue weighted by atomic mass is 32.2. The normalized spacial score (nSPS) is 17.3. The minimum Gasteiger partial charge on any atom is -0.460 e. The third kappa shape index (κ3) is 13.8. The number of carbonyl (C=O) groups is 2. The smallest absolute Gasteiger partial charge is 0.460 e. The zero-order chi connectivity index (χ0) is 61.0. The standard InChI is InChI=1S/C58H71B2F6N3O11S2/c1-37(2)51(71)67-28-18-29-68(33-38-31-40(81(72,73)57(61,62)63)23-25-48(38)59-77-53(6,7)54(8,9)78-59)35-46-42-19-14-16-21-44(42)47(45-22-17-15-20-43(45)46)36-69(30-27-50(70)76-52(3,4)5)34-39-32-41(82(74,75)58(64,65)66)24-26-49(39)60-79-55(10,11)56(12,13)80-60/h14-17,19-26,31-32H,1,18,27-30,33-36H2,2-13H3,(H,67,71). The van der Waals surface area contributed by atoms with Crippen molar-refractivity contribution in [2.75, 3.05) is 19.6 Å². The highest BCUT2D eigenvalue weighted by Gasteiger charge is 2.55. The molecule has 0 bridgehead atoms. The van der Waals surface area contributed by atoms with E-state index in [1.807, 2.05) is 86.0 Å². The van der Waals surface area contributed by atoms with Crippen LogP contribution in [-0.2, 0) is 78.8 Å². The molecule has 0 unspecified atom stereocenters. The van der Waals surface area contributed by atoms with Crippen LogP contribution in [0.3, 0.4) is 0 Å². The molecule has 0 atom stereocenters. The summed E-state index contributed by atoms with van der Waals surface area (Å²) in [6.07, 6.45) is 0.143. The van der Waals surface area contributed by atoms with Crippen molar-refractivity contribution < 1.29 is 76.1 Å². The molecule has 0 saturated carbocycles. The van der Waals surface area contributed by atoms with E-state index in [0.717, 1.165) is 46.2 Å². The number of sulfone groups is 2. The van der Waals surface area contributed by atoms with Crippen LogP contribution < -0.4 is 16.2 Å². The van der Waals surface area contributed by atoms with Crippen LogP contribution >= 0.6 is 0 Å². The third-order valence-corrected chi connectivity index (χ3v) is 18.5. The molecule has 5 aromatic carbocycles. The van der Waals surface area contributed by atoms with Gasteiger partial charge in [-0.2, -0.15) is 26.3 Å². The number of carbonyl (C=O) groups excluding carboxylic acids is 2. The van der Waals surface area contributed by atoms with Gasteiger partial charge < -0.3 is 28.7 Å². The fourth-order valence-corrected chi connectivity index (χ4v) is 11.4. The number of hydrogen-bond donors (Lipinski definition) is 1. The van der Waals surface area contributed by atoms with Crippen molar-refractivity contribution in [1.29, 1.82) is 0 Å². The second kappa shape index (κ2) is 23.3. The molecule has 0 radical (unpaired) electrons. The van der Waals surface area contributed by atoms with Crippen LogP contribution in [-0.4, -0.2) is 111 Å². The van der Waals surface area contributed by atoms with Gasteiger partial charge in [-0.25, -0.2) is 16.8 Å². The summed E-state index contributed by atoms with van der Waals surface area (Å²) >= 11 is 0. The number of rotatable bonds is 20. The Morgan fingerprint density at radius 2 is 0.939 bits per heavy atom. The van der Waals surface area contributed by atoms with Gasteiger partial charge >= 0.3 is 31.2 Å². The summed E-state index contributed by atoms with van der Waals surface area (Å²) in [5, 5.41) is 5.69. The minimum absolute atomic E-state index is 0.0255. The number of halogens is 6. The van der Waals surface area contributed by atoms with E-state index in [-0.39, 0.29) is 80.3 Å². The van der Waals surface area contributed by atoms with E-state index in [1.54, 1.807) is 55.4 Å². The fraction of sp³-hybridized carbons (Fsp3) is 0.483. The lowest BCUT2D eigenvalue weighted by Crippen LogP contribution is -2.41. The molecular formula is C58H71B2F6N3O11S2. The molecule has 2 aliphatic heterocycles. The lowest BCUT2D eigenvalue weighted by molar-refractivity contribution is -0.155. The van der Waals surface area contributed by atoms with E-state index in [0.29, 0.717) is 22.7 Å². The average molecular weight is 1190 g/mol. The molecule has 2 saturated heterocycles. The minimum atomic E-state index is -5.85. The van der Waals surface area contributed by atoms with Gasteiger partial charge in [0.2, 0.25) is 5.91 Å². The molecular weight excluding hydrogens is 1110 g/mol. The second-order valence-electron chi connectivity index (χ2n) is 24.0. The topological polar surface area (TPSA) is 167 Å². The number of nitrogens with one attached hydrogen (secondary N) is 1. The van der Waals surface area contributed by atoms with Gasteiger partial charge in [-0.15, -0.1) is 0 Å². The van der Waals surface area contributed by atoms with Gasteiger partial charge in [0.15, 0.2) is 0 Å². The molecule has 2 fully saturated rings. The van der Waals surface area contributed by atoms with E-state index in [9.17, 15) is 52.8 Å². The summed E-state index contributed by atoms with van der Waals surface area (Å²) < 4.78 is 169. The van der Waals surface area contributed by atoms with E-state index in [2.05, 4.69) is 11.9 Å². The van der Waals surface area contributed by atoms with Crippen LogP contribution in [0.25, 0.3) is 21.5 Å². The average Bonchev–Trinajstić information content (AvgIpc) is 3.94. The van der Waals surface area contributed by atoms with Gasteiger partial charge in [-0.3, -0.25) is 19.4 Å². The zero-order valence-electron chi connectivity index (χ0n) is 48.3. The van der Waals surface area contributed by atoms with Crippen molar-refractivity contribution in [1.82, 2.24) is 15.1 Å². The number of fused-ring (bicyclic) bond motifs is 2. The Morgan fingerprint density at radius 1 is 0.585 bits per heavy atom. The monoisotopic (exact) mass is 1190 g/mol. The highest BCUT2D eigenvalue weighted by molar-refractivity contribution is 7.92. The van der Waals surface area contributed by atoms with Crippen LogP contribution in [0.5, 0.6) is 0 Å². The second-order valence-corrected chi connectivity index (χ2v) is 27.9. The number of alkyl halides is 6. The molecule has 0 aromatic heterocycles. The Labute approximate surface area is 477 Å². The molecule has 0 aliphatic carbocycles. The van der Waals surface area contributed by atoms with Crippen LogP contribution in [0.15, 0.2) is 107 Å². The third-order valence-electron chi connectivity index (χ3n) is 15.6. The number of ether oxygens (including phenoxy) is 1. The zero-order valence-corrected chi connectivity index (χ0v) is 49.9. The van der Waals surface area contributed by atoms with E-state index >= 15 is 0 Å². The van der Waals surface area contributed by atoms with E-state index < -0.39 is 88.7 Å². The molecule has 2 heterocycles. The lowest BCUT2D eigenvalue weighted by atomic mass is 9.75. The Bertz CT molecular complexity index is 3400. The summed E-state index contributed by atoms with van der Waals surface area (Å²) in [4.78, 5) is 27.9. The lowest BCUT2D eigenvalue weighted by Gasteiger charge is -2.32. The number of benzene rings is 5. The maximum Gasteiger partial charge on any atom is 0.501 e. The van der Waals surface area contributed by atoms with Crippen molar-refractivity contribution in [3.8, 4) is 0 Å². The van der Waals surface area contributed by atoms with Gasteiger partial charge in [-0.05, 0) is 168 Å². The molecule has 5 aromatic rings. The van der Waals surface area contributed by atoms with Gasteiger partial charge in [0.05, 0.1) is 38.6 Å². The highest BCUT2D eigenvalue weighted by Crippen LogP contribution is 2.41. The first kappa shape index (κ1) is 64.2. The summed E-state index contributed by atoms with van der Waals surface area (Å²) in [6, 6.07) is 21.1. The first-order valence-corrected chi connectivity index (χ1v) is 29.7. The maximum absolute atomic E-state index is 14.2. The molecule has 82 heavy (non-hydrogen) atoms. The van der Waals surface area contributed by atoms with Crippen molar-refractivity contribution >= 4 is 78.3 Å². The number of amides is 1. The number of nitrogens with zero attached hydrogens (tertiary/aromatic N) is 2. The molecule has 2 aliphatic rings. The van der Waals surface area contributed by atoms with Crippen LogP contribution in [0.1, 0.15) is 118 Å². The van der Waals surface area contributed by atoms with Gasteiger partial charge in [-0.1, -0.05) is 67.2 Å². The number of hydrogen-bond acceptors (Lipinski definition) is 13. The van der Waals surface area contributed by atoms with E-state index in [1.165, 1.54) is 12.1 Å². The summed E-state index contributed by atoms with van der Waals surface area (Å²) in [6.45, 7) is 25.0. The molecule has 444 valence electrons. The van der Waals surface area contributed by atoms with Crippen LogP contribution in [0.2, 0.25) is 0 Å². The maximum atomic E-state index is 14.2. The molecule has 7 rings (SSSR count). The summed E-state index contributed by atoms with van der Waals surface area (Å²) in [7, 11) is -13.9. The Hall–Kier alpha value is -5.33. The van der Waals surface area contributed by atoms with Crippen LogP contribution in [0.4, 0.5) is 26.3 Å². The number of esters is 1. The predicted octanol–water partition coefficient (Wildman–Crippen LogP) is 10.00. The largest absolute Gasteiger partial charge is 0.501 e. The van der Waals surface area contributed by atoms with Crippen molar-refractivity contribution in [3.05, 3.63) is 119 Å². The van der Waals surface area contributed by atoms with Crippen molar-refractivity contribution in [2.45, 2.75) is 171 Å². The van der Waals surface area contributed by atoms with Gasteiger partial charge in [0.1, 0.15) is 5.60 Å². The predicted molar refractivity (Wildman–Crippen MR) is 303 cm³/mol. The Kier molecular flexibility index (Phi) is 18.2. The molecule has 1 amide bonds. The van der Waals surface area contributed by atoms with Gasteiger partial charge in [0, 0.05) is 51.4 Å². The fourth-order valence-electron chi connectivity index (χ4n) is 9.74. The first-order valence-electron chi connectivity index (χ1n) is 26.8. The molecule has 0 spiro atoms. The molecule has 24 heteroatoms. The quantitative estimate of drug-likeness (QED) is 0.0196. The van der Waals surface area contributed by atoms with Crippen molar-refractivity contribution in [3.63, 3.8) is 0 Å². The first-order chi connectivity index (χ1) is 37.7. The Balaban J connectivity index is 1.38. The van der Waals surface area contributed by atoms with Gasteiger partial charge in [0.25, 0.3) is 19.7 Å². The van der Waals surface area contributed by atoms with Crippen molar-refractivity contribution in [2.24, 2.45) is 0 Å². The Morgan fingerprint density at radius 3 is 1.27 bits per heavy atom.